The zero-order chi connectivity index (χ0) is 14.2. The first kappa shape index (κ1) is 14.8. The molecule has 0 aromatic heterocycles. The highest BCUT2D eigenvalue weighted by Crippen LogP contribution is 2.15. The van der Waals surface area contributed by atoms with E-state index >= 15 is 0 Å². The minimum absolute atomic E-state index is 0.154. The third-order valence-electron chi connectivity index (χ3n) is 3.58. The van der Waals surface area contributed by atoms with Gasteiger partial charge in [0.05, 0.1) is 0 Å². The van der Waals surface area contributed by atoms with Gasteiger partial charge in [-0.3, -0.25) is 0 Å². The van der Waals surface area contributed by atoms with Crippen LogP contribution in [0.5, 0.6) is 0 Å². The first-order chi connectivity index (χ1) is 9.75. The average molecular weight is 268 g/mol. The summed E-state index contributed by atoms with van der Waals surface area (Å²) in [5.41, 5.74) is 8.81. The SMILES string of the molecule is CN(CCCC(N)c1ccccc1)Cc1ccccc1. The molecule has 2 N–H and O–H groups in total. The van der Waals surface area contributed by atoms with E-state index in [9.17, 15) is 0 Å². The summed E-state index contributed by atoms with van der Waals surface area (Å²) in [5.74, 6) is 0. The normalized spacial score (nSPS) is 12.6. The molecule has 0 aliphatic carbocycles. The Morgan fingerprint density at radius 3 is 2.20 bits per heavy atom. The van der Waals surface area contributed by atoms with E-state index in [0.717, 1.165) is 25.9 Å². The maximum Gasteiger partial charge on any atom is 0.0295 e. The molecule has 0 fully saturated rings. The van der Waals surface area contributed by atoms with E-state index in [0.29, 0.717) is 0 Å². The Labute approximate surface area is 122 Å². The number of rotatable bonds is 7. The first-order valence-electron chi connectivity index (χ1n) is 7.28. The van der Waals surface area contributed by atoms with Gasteiger partial charge >= 0.3 is 0 Å². The van der Waals surface area contributed by atoms with Crippen molar-refractivity contribution in [3.8, 4) is 0 Å². The van der Waals surface area contributed by atoms with Crippen LogP contribution in [0, 0.1) is 0 Å². The molecule has 0 amide bonds. The Morgan fingerprint density at radius 2 is 1.55 bits per heavy atom. The summed E-state index contributed by atoms with van der Waals surface area (Å²) in [6.07, 6.45) is 2.16. The summed E-state index contributed by atoms with van der Waals surface area (Å²) in [6.45, 7) is 2.08. The topological polar surface area (TPSA) is 29.3 Å². The molecular formula is C18H24N2. The van der Waals surface area contributed by atoms with Crippen LogP contribution in [0.2, 0.25) is 0 Å². The van der Waals surface area contributed by atoms with E-state index in [1.807, 2.05) is 6.07 Å². The van der Waals surface area contributed by atoms with Gasteiger partial charge in [0.15, 0.2) is 0 Å². The summed E-state index contributed by atoms with van der Waals surface area (Å²) in [5, 5.41) is 0. The van der Waals surface area contributed by atoms with Crippen LogP contribution in [0.3, 0.4) is 0 Å². The van der Waals surface area contributed by atoms with Crippen molar-refractivity contribution < 1.29 is 0 Å². The van der Waals surface area contributed by atoms with Crippen molar-refractivity contribution in [2.24, 2.45) is 5.73 Å². The van der Waals surface area contributed by atoms with Gasteiger partial charge in [-0.15, -0.1) is 0 Å². The monoisotopic (exact) mass is 268 g/mol. The highest BCUT2D eigenvalue weighted by Gasteiger charge is 2.06. The number of nitrogens with two attached hydrogens (primary N) is 1. The second-order valence-electron chi connectivity index (χ2n) is 5.38. The van der Waals surface area contributed by atoms with Gasteiger partial charge < -0.3 is 10.6 Å². The third kappa shape index (κ3) is 4.80. The number of hydrogen-bond acceptors (Lipinski definition) is 2. The van der Waals surface area contributed by atoms with Gasteiger partial charge in [0.25, 0.3) is 0 Å². The van der Waals surface area contributed by atoms with Crippen LogP contribution in [-0.2, 0) is 6.54 Å². The van der Waals surface area contributed by atoms with Crippen molar-refractivity contribution in [1.29, 1.82) is 0 Å². The lowest BCUT2D eigenvalue weighted by Gasteiger charge is -2.18. The molecule has 1 unspecified atom stereocenters. The van der Waals surface area contributed by atoms with Crippen LogP contribution in [-0.4, -0.2) is 18.5 Å². The molecule has 1 atom stereocenters. The molecule has 2 aromatic rings. The molecule has 20 heavy (non-hydrogen) atoms. The maximum absolute atomic E-state index is 6.22. The highest BCUT2D eigenvalue weighted by molar-refractivity contribution is 5.18. The van der Waals surface area contributed by atoms with E-state index in [4.69, 9.17) is 5.73 Å². The van der Waals surface area contributed by atoms with Gasteiger partial charge in [0, 0.05) is 12.6 Å². The Bertz CT molecular complexity index is 481. The summed E-state index contributed by atoms with van der Waals surface area (Å²) in [6, 6.07) is 21.1. The van der Waals surface area contributed by atoms with Crippen molar-refractivity contribution in [2.45, 2.75) is 25.4 Å². The van der Waals surface area contributed by atoms with E-state index < -0.39 is 0 Å². The second-order valence-corrected chi connectivity index (χ2v) is 5.38. The lowest BCUT2D eigenvalue weighted by molar-refractivity contribution is 0.314. The lowest BCUT2D eigenvalue weighted by atomic mass is 10.0. The van der Waals surface area contributed by atoms with E-state index in [2.05, 4.69) is 66.5 Å². The summed E-state index contributed by atoms with van der Waals surface area (Å²) in [7, 11) is 2.17. The molecule has 2 heteroatoms. The van der Waals surface area contributed by atoms with E-state index in [1.54, 1.807) is 0 Å². The van der Waals surface area contributed by atoms with Crippen molar-refractivity contribution in [2.75, 3.05) is 13.6 Å². The second kappa shape index (κ2) is 7.83. The van der Waals surface area contributed by atoms with Gasteiger partial charge in [0.1, 0.15) is 0 Å². The molecule has 0 aliphatic heterocycles. The van der Waals surface area contributed by atoms with Gasteiger partial charge in [-0.1, -0.05) is 60.7 Å². The van der Waals surface area contributed by atoms with Gasteiger partial charge in [-0.2, -0.15) is 0 Å². The van der Waals surface area contributed by atoms with E-state index in [1.165, 1.54) is 11.1 Å². The number of nitrogens with zero attached hydrogens (tertiary/aromatic N) is 1. The third-order valence-corrected chi connectivity index (χ3v) is 3.58. The predicted octanol–water partition coefficient (Wildman–Crippen LogP) is 3.60. The molecule has 2 rings (SSSR count). The largest absolute Gasteiger partial charge is 0.324 e. The molecule has 0 bridgehead atoms. The molecule has 0 saturated heterocycles. The van der Waals surface area contributed by atoms with Crippen molar-refractivity contribution in [3.05, 3.63) is 71.8 Å². The van der Waals surface area contributed by atoms with Gasteiger partial charge in [-0.05, 0) is 37.6 Å². The lowest BCUT2D eigenvalue weighted by Crippen LogP contribution is -2.20. The predicted molar refractivity (Wildman–Crippen MR) is 85.4 cm³/mol. The molecule has 0 heterocycles. The maximum atomic E-state index is 6.22. The van der Waals surface area contributed by atoms with Gasteiger partial charge in [0.2, 0.25) is 0 Å². The minimum Gasteiger partial charge on any atom is -0.324 e. The van der Waals surface area contributed by atoms with E-state index in [-0.39, 0.29) is 6.04 Å². The summed E-state index contributed by atoms with van der Waals surface area (Å²) < 4.78 is 0. The smallest absolute Gasteiger partial charge is 0.0295 e. The number of benzene rings is 2. The Balaban J connectivity index is 1.70. The molecule has 2 nitrogen and oxygen atoms in total. The van der Waals surface area contributed by atoms with Crippen LogP contribution < -0.4 is 5.73 Å². The Kier molecular flexibility index (Phi) is 5.78. The molecule has 0 spiro atoms. The molecular weight excluding hydrogens is 244 g/mol. The summed E-state index contributed by atoms with van der Waals surface area (Å²) >= 11 is 0. The van der Waals surface area contributed by atoms with Crippen LogP contribution in [0.15, 0.2) is 60.7 Å². The van der Waals surface area contributed by atoms with Crippen LogP contribution in [0.25, 0.3) is 0 Å². The quantitative estimate of drug-likeness (QED) is 0.831. The summed E-state index contributed by atoms with van der Waals surface area (Å²) in [4.78, 5) is 2.35. The molecule has 2 aromatic carbocycles. The zero-order valence-electron chi connectivity index (χ0n) is 12.2. The van der Waals surface area contributed by atoms with Crippen LogP contribution in [0.4, 0.5) is 0 Å². The fourth-order valence-electron chi connectivity index (χ4n) is 2.42. The fraction of sp³-hybridized carbons (Fsp3) is 0.333. The Hall–Kier alpha value is -1.64. The first-order valence-corrected chi connectivity index (χ1v) is 7.28. The number of hydrogen-bond donors (Lipinski definition) is 1. The minimum atomic E-state index is 0.154. The van der Waals surface area contributed by atoms with Crippen LogP contribution in [0.1, 0.15) is 30.0 Å². The molecule has 0 saturated carbocycles. The molecule has 0 radical (unpaired) electrons. The standard InChI is InChI=1S/C18H24N2/c1-20(15-16-9-4-2-5-10-16)14-8-13-18(19)17-11-6-3-7-12-17/h2-7,9-12,18H,8,13-15,19H2,1H3. The van der Waals surface area contributed by atoms with Crippen molar-refractivity contribution in [1.82, 2.24) is 4.90 Å². The molecule has 0 aliphatic rings. The zero-order valence-corrected chi connectivity index (χ0v) is 12.2. The molecule has 106 valence electrons. The highest BCUT2D eigenvalue weighted by atomic mass is 15.1. The van der Waals surface area contributed by atoms with Crippen LogP contribution >= 0.6 is 0 Å². The van der Waals surface area contributed by atoms with Crippen molar-refractivity contribution in [3.63, 3.8) is 0 Å². The van der Waals surface area contributed by atoms with Crippen molar-refractivity contribution >= 4 is 0 Å². The fourth-order valence-corrected chi connectivity index (χ4v) is 2.42. The Morgan fingerprint density at radius 1 is 0.950 bits per heavy atom. The van der Waals surface area contributed by atoms with Gasteiger partial charge in [-0.25, -0.2) is 0 Å². The average Bonchev–Trinajstić information content (AvgIpc) is 2.49.